The first-order chi connectivity index (χ1) is 8.34. The molecule has 0 aliphatic rings. The van der Waals surface area contributed by atoms with Crippen LogP contribution in [0.5, 0.6) is 11.5 Å². The van der Waals surface area contributed by atoms with Gasteiger partial charge in [0.2, 0.25) is 0 Å². The van der Waals surface area contributed by atoms with Crippen LogP contribution < -0.4 is 9.92 Å². The zero-order chi connectivity index (χ0) is 13.5. The highest BCUT2D eigenvalue weighted by Crippen LogP contribution is 2.34. The van der Waals surface area contributed by atoms with Crippen LogP contribution in [0, 0.1) is 6.92 Å². The van der Waals surface area contributed by atoms with Gasteiger partial charge in [0.1, 0.15) is 11.5 Å². The van der Waals surface area contributed by atoms with Crippen molar-refractivity contribution in [3.63, 3.8) is 0 Å². The Hall–Kier alpha value is -1.48. The van der Waals surface area contributed by atoms with Crippen molar-refractivity contribution in [2.24, 2.45) is 0 Å². The number of ether oxygens (including phenoxy) is 1. The zero-order valence-electron chi connectivity index (χ0n) is 11.7. The predicted molar refractivity (Wildman–Crippen MR) is 79.9 cm³/mol. The summed E-state index contributed by atoms with van der Waals surface area (Å²) < 4.78 is 5.37. The van der Waals surface area contributed by atoms with Crippen LogP contribution in [0.1, 0.15) is 5.56 Å². The van der Waals surface area contributed by atoms with Gasteiger partial charge < -0.3 is 9.84 Å². The van der Waals surface area contributed by atoms with Gasteiger partial charge in [-0.1, -0.05) is 37.0 Å². The Morgan fingerprint density at radius 3 is 2.33 bits per heavy atom. The SMILES string of the molecule is COc1ccc([Si](C)(C)C)c2cc(C)cc(O)c12. The fourth-order valence-electron chi connectivity index (χ4n) is 2.39. The fraction of sp³-hybridized carbons (Fsp3) is 0.333. The predicted octanol–water partition coefficient (Wildman–Crippen LogP) is 3.41. The number of phenols is 1. The number of rotatable bonds is 2. The molecule has 2 aromatic rings. The summed E-state index contributed by atoms with van der Waals surface area (Å²) in [6, 6.07) is 8.04. The average Bonchev–Trinajstić information content (AvgIpc) is 2.25. The molecule has 96 valence electrons. The second kappa shape index (κ2) is 4.32. The minimum atomic E-state index is -1.45. The first kappa shape index (κ1) is 13.0. The maximum Gasteiger partial charge on any atom is 0.130 e. The second-order valence-corrected chi connectivity index (χ2v) is 10.8. The number of methoxy groups -OCH3 is 1. The Balaban J connectivity index is 2.93. The van der Waals surface area contributed by atoms with E-state index in [1.165, 1.54) is 5.19 Å². The van der Waals surface area contributed by atoms with E-state index < -0.39 is 8.07 Å². The number of benzene rings is 2. The van der Waals surface area contributed by atoms with E-state index in [0.29, 0.717) is 5.75 Å². The maximum atomic E-state index is 10.2. The Morgan fingerprint density at radius 1 is 1.11 bits per heavy atom. The summed E-state index contributed by atoms with van der Waals surface area (Å²) in [5.74, 6) is 1.05. The monoisotopic (exact) mass is 260 g/mol. The molecule has 0 amide bonds. The van der Waals surface area contributed by atoms with Crippen molar-refractivity contribution in [1.82, 2.24) is 0 Å². The van der Waals surface area contributed by atoms with E-state index in [1.807, 2.05) is 13.0 Å². The van der Waals surface area contributed by atoms with Crippen molar-refractivity contribution in [2.75, 3.05) is 7.11 Å². The van der Waals surface area contributed by atoms with Crippen LogP contribution >= 0.6 is 0 Å². The molecule has 0 aliphatic heterocycles. The lowest BCUT2D eigenvalue weighted by molar-refractivity contribution is 0.416. The van der Waals surface area contributed by atoms with Crippen LogP contribution in [0.2, 0.25) is 19.6 Å². The smallest absolute Gasteiger partial charge is 0.130 e. The number of hydrogen-bond acceptors (Lipinski definition) is 2. The third kappa shape index (κ3) is 2.10. The molecule has 0 bridgehead atoms. The summed E-state index contributed by atoms with van der Waals surface area (Å²) in [6.45, 7) is 8.95. The van der Waals surface area contributed by atoms with Gasteiger partial charge in [0.15, 0.2) is 0 Å². The number of hydrogen-bond donors (Lipinski definition) is 1. The van der Waals surface area contributed by atoms with Gasteiger partial charge >= 0.3 is 0 Å². The topological polar surface area (TPSA) is 29.5 Å². The quantitative estimate of drug-likeness (QED) is 0.839. The molecule has 2 rings (SSSR count). The lowest BCUT2D eigenvalue weighted by Gasteiger charge is -2.21. The molecule has 0 fully saturated rings. The molecule has 0 aromatic heterocycles. The van der Waals surface area contributed by atoms with Crippen LogP contribution in [-0.2, 0) is 0 Å². The summed E-state index contributed by atoms with van der Waals surface area (Å²) in [7, 11) is 0.195. The Kier molecular flexibility index (Phi) is 3.11. The normalized spacial score (nSPS) is 11.8. The fourth-order valence-corrected chi connectivity index (χ4v) is 3.98. The highest BCUT2D eigenvalue weighted by molar-refractivity contribution is 6.90. The van der Waals surface area contributed by atoms with Crippen LogP contribution in [0.15, 0.2) is 24.3 Å². The van der Waals surface area contributed by atoms with Gasteiger partial charge in [-0.05, 0) is 30.0 Å². The Bertz CT molecular complexity index is 597. The van der Waals surface area contributed by atoms with Crippen LogP contribution in [-0.4, -0.2) is 20.3 Å². The van der Waals surface area contributed by atoms with Gasteiger partial charge in [-0.15, -0.1) is 0 Å². The molecule has 0 saturated heterocycles. The van der Waals surface area contributed by atoms with Crippen molar-refractivity contribution >= 4 is 24.0 Å². The van der Waals surface area contributed by atoms with E-state index in [-0.39, 0.29) is 0 Å². The standard InChI is InChI=1S/C15H20O2Si/c1-10-8-11-14(18(3,4)5)7-6-13(17-2)15(11)12(16)9-10/h6-9,16H,1-5H3. The van der Waals surface area contributed by atoms with Gasteiger partial charge in [-0.2, -0.15) is 0 Å². The van der Waals surface area contributed by atoms with E-state index in [0.717, 1.165) is 22.1 Å². The number of fused-ring (bicyclic) bond motifs is 1. The molecule has 0 saturated carbocycles. The molecule has 2 aromatic carbocycles. The van der Waals surface area contributed by atoms with Gasteiger partial charge in [0, 0.05) is 0 Å². The molecule has 1 N–H and O–H groups in total. The molecule has 0 spiro atoms. The van der Waals surface area contributed by atoms with Gasteiger partial charge in [-0.3, -0.25) is 0 Å². The van der Waals surface area contributed by atoms with Crippen molar-refractivity contribution in [3.05, 3.63) is 29.8 Å². The third-order valence-electron chi connectivity index (χ3n) is 3.23. The van der Waals surface area contributed by atoms with Crippen molar-refractivity contribution in [3.8, 4) is 11.5 Å². The van der Waals surface area contributed by atoms with Crippen molar-refractivity contribution in [2.45, 2.75) is 26.6 Å². The number of aromatic hydroxyl groups is 1. The van der Waals surface area contributed by atoms with Gasteiger partial charge in [0.25, 0.3) is 0 Å². The van der Waals surface area contributed by atoms with E-state index >= 15 is 0 Å². The van der Waals surface area contributed by atoms with Gasteiger partial charge in [0.05, 0.1) is 20.6 Å². The molecule has 0 radical (unpaired) electrons. The molecule has 3 heteroatoms. The van der Waals surface area contributed by atoms with Crippen LogP contribution in [0.4, 0.5) is 0 Å². The average molecular weight is 260 g/mol. The number of phenolic OH excluding ortho intramolecular Hbond substituents is 1. The summed E-state index contributed by atoms with van der Waals surface area (Å²) in [5, 5.41) is 13.5. The first-order valence-corrected chi connectivity index (χ1v) is 9.65. The molecular weight excluding hydrogens is 240 g/mol. The summed E-state index contributed by atoms with van der Waals surface area (Å²) in [4.78, 5) is 0. The Labute approximate surface area is 109 Å². The second-order valence-electron chi connectivity index (χ2n) is 5.77. The van der Waals surface area contributed by atoms with Crippen LogP contribution in [0.3, 0.4) is 0 Å². The lowest BCUT2D eigenvalue weighted by Crippen LogP contribution is -2.38. The molecule has 0 unspecified atom stereocenters. The molecule has 0 heterocycles. The lowest BCUT2D eigenvalue weighted by atomic mass is 10.1. The molecular formula is C15H20O2Si. The van der Waals surface area contributed by atoms with E-state index in [1.54, 1.807) is 13.2 Å². The zero-order valence-corrected chi connectivity index (χ0v) is 12.7. The van der Waals surface area contributed by atoms with Crippen molar-refractivity contribution < 1.29 is 9.84 Å². The summed E-state index contributed by atoms with van der Waals surface area (Å²) in [6.07, 6.45) is 0. The molecule has 2 nitrogen and oxygen atoms in total. The summed E-state index contributed by atoms with van der Waals surface area (Å²) in [5.41, 5.74) is 1.08. The molecule has 18 heavy (non-hydrogen) atoms. The van der Waals surface area contributed by atoms with E-state index in [2.05, 4.69) is 31.8 Å². The molecule has 0 aliphatic carbocycles. The highest BCUT2D eigenvalue weighted by Gasteiger charge is 2.21. The molecule has 0 atom stereocenters. The highest BCUT2D eigenvalue weighted by atomic mass is 28.3. The minimum absolute atomic E-state index is 0.307. The number of aryl methyl sites for hydroxylation is 1. The third-order valence-corrected chi connectivity index (χ3v) is 5.28. The van der Waals surface area contributed by atoms with Crippen LogP contribution in [0.25, 0.3) is 10.8 Å². The summed E-state index contributed by atoms with van der Waals surface area (Å²) >= 11 is 0. The van der Waals surface area contributed by atoms with E-state index in [9.17, 15) is 5.11 Å². The first-order valence-electron chi connectivity index (χ1n) is 6.15. The largest absolute Gasteiger partial charge is 0.507 e. The maximum absolute atomic E-state index is 10.2. The van der Waals surface area contributed by atoms with E-state index in [4.69, 9.17) is 4.74 Å². The van der Waals surface area contributed by atoms with Gasteiger partial charge in [-0.25, -0.2) is 0 Å². The van der Waals surface area contributed by atoms with Crippen molar-refractivity contribution in [1.29, 1.82) is 0 Å². The Morgan fingerprint density at radius 2 is 1.78 bits per heavy atom. The minimum Gasteiger partial charge on any atom is -0.507 e.